The minimum Gasteiger partial charge on any atom is -0.462 e. The van der Waals surface area contributed by atoms with E-state index >= 15 is 0 Å². The Morgan fingerprint density at radius 1 is 1.50 bits per heavy atom. The maximum absolute atomic E-state index is 10.9. The summed E-state index contributed by atoms with van der Waals surface area (Å²) in [6.45, 7) is 5.24. The Morgan fingerprint density at radius 2 is 2.07 bits per heavy atom. The van der Waals surface area contributed by atoms with Crippen LogP contribution < -0.4 is 0 Å². The average molecular weight is 220 g/mol. The van der Waals surface area contributed by atoms with Crippen molar-refractivity contribution in [2.24, 2.45) is 0 Å². The summed E-state index contributed by atoms with van der Waals surface area (Å²) >= 11 is 0. The summed E-state index contributed by atoms with van der Waals surface area (Å²) < 4.78 is 24.3. The first kappa shape index (κ1) is 13.2. The molecule has 14 heavy (non-hydrogen) atoms. The lowest BCUT2D eigenvalue weighted by Gasteiger charge is -2.04. The summed E-state index contributed by atoms with van der Waals surface area (Å²) in [4.78, 5) is 10.9. The molecule has 0 saturated carbocycles. The predicted octanol–water partition coefficient (Wildman–Crippen LogP) is 1.08. The van der Waals surface area contributed by atoms with Crippen LogP contribution in [0.25, 0.3) is 0 Å². The molecule has 0 fully saturated rings. The lowest BCUT2D eigenvalue weighted by molar-refractivity contribution is -0.139. The van der Waals surface area contributed by atoms with Crippen molar-refractivity contribution in [2.45, 2.75) is 19.8 Å². The second-order valence-corrected chi connectivity index (χ2v) is 5.05. The molecule has 0 aromatic carbocycles. The highest BCUT2D eigenvalue weighted by Crippen LogP contribution is 1.97. The Morgan fingerprint density at radius 3 is 2.50 bits per heavy atom. The first-order chi connectivity index (χ1) is 6.33. The monoisotopic (exact) mass is 220 g/mol. The van der Waals surface area contributed by atoms with Crippen LogP contribution in [0.5, 0.6) is 0 Å². The van der Waals surface area contributed by atoms with E-state index in [1.165, 1.54) is 0 Å². The van der Waals surface area contributed by atoms with Crippen LogP contribution in [0.4, 0.5) is 0 Å². The van der Waals surface area contributed by atoms with Gasteiger partial charge < -0.3 is 9.29 Å². The van der Waals surface area contributed by atoms with E-state index in [2.05, 4.69) is 12.4 Å². The smallest absolute Gasteiger partial charge is 0.333 e. The molecule has 0 heterocycles. The number of ether oxygens (including phenoxy) is 1. The summed E-state index contributed by atoms with van der Waals surface area (Å²) in [5.74, 6) is 2.80. The molecule has 0 saturated heterocycles. The van der Waals surface area contributed by atoms with Gasteiger partial charge in [-0.05, 0) is 25.6 Å². The fourth-order valence-corrected chi connectivity index (χ4v) is 1.37. The molecule has 82 valence electrons. The molecule has 1 atom stereocenters. The van der Waals surface area contributed by atoms with Crippen molar-refractivity contribution in [3.05, 3.63) is 12.2 Å². The SMILES string of the molecule is C=C(C)C(=O)OCCCCS(=C)(=O)O. The molecule has 1 unspecified atom stereocenters. The van der Waals surface area contributed by atoms with E-state index in [1.807, 2.05) is 0 Å². The van der Waals surface area contributed by atoms with Crippen molar-refractivity contribution in [1.29, 1.82) is 0 Å². The van der Waals surface area contributed by atoms with Crippen molar-refractivity contribution < 1.29 is 18.3 Å². The van der Waals surface area contributed by atoms with Crippen LogP contribution in [0.2, 0.25) is 0 Å². The highest BCUT2D eigenvalue weighted by atomic mass is 32.2. The van der Waals surface area contributed by atoms with E-state index in [0.717, 1.165) is 0 Å². The lowest BCUT2D eigenvalue weighted by Crippen LogP contribution is -2.08. The zero-order valence-electron chi connectivity index (χ0n) is 8.32. The zero-order chi connectivity index (χ0) is 11.2. The first-order valence-electron chi connectivity index (χ1n) is 4.23. The largest absolute Gasteiger partial charge is 0.462 e. The van der Waals surface area contributed by atoms with Gasteiger partial charge in [0.25, 0.3) is 0 Å². The number of carbonyl (C=O) groups excluding carboxylic acids is 1. The normalized spacial score (nSPS) is 14.4. The molecule has 0 aromatic heterocycles. The number of unbranched alkanes of at least 4 members (excludes halogenated alkanes) is 1. The van der Waals surface area contributed by atoms with Crippen molar-refractivity contribution in [3.63, 3.8) is 0 Å². The quantitative estimate of drug-likeness (QED) is 0.315. The van der Waals surface area contributed by atoms with Gasteiger partial charge in [0.1, 0.15) is 0 Å². The third-order valence-electron chi connectivity index (χ3n) is 1.44. The van der Waals surface area contributed by atoms with Crippen LogP contribution in [0.15, 0.2) is 12.2 Å². The fraction of sp³-hybridized carbons (Fsp3) is 0.556. The maximum Gasteiger partial charge on any atom is 0.333 e. The summed E-state index contributed by atoms with van der Waals surface area (Å²) in [7, 11) is -2.90. The van der Waals surface area contributed by atoms with Gasteiger partial charge in [-0.2, -0.15) is 0 Å². The molecule has 0 aliphatic rings. The molecule has 0 radical (unpaired) electrons. The van der Waals surface area contributed by atoms with Gasteiger partial charge in [-0.25, -0.2) is 9.00 Å². The Bertz CT molecular complexity index is 303. The minimum absolute atomic E-state index is 0.137. The Balaban J connectivity index is 3.49. The molecule has 0 bridgehead atoms. The van der Waals surface area contributed by atoms with Crippen LogP contribution >= 0.6 is 0 Å². The average Bonchev–Trinajstić information content (AvgIpc) is 2.01. The van der Waals surface area contributed by atoms with Gasteiger partial charge in [0, 0.05) is 11.3 Å². The standard InChI is InChI=1S/C9H16O4S/c1-8(2)9(10)13-6-4-5-7-14(3,11)12/h1,3-7H2,2H3,(H,11,12). The third-order valence-corrected chi connectivity index (χ3v) is 2.37. The molecule has 0 aliphatic heterocycles. The van der Waals surface area contributed by atoms with E-state index in [0.29, 0.717) is 18.4 Å². The number of hydrogen-bond donors (Lipinski definition) is 1. The number of rotatable bonds is 6. The molecule has 0 aliphatic carbocycles. The van der Waals surface area contributed by atoms with Crippen LogP contribution in [-0.2, 0) is 19.3 Å². The molecular weight excluding hydrogens is 204 g/mol. The summed E-state index contributed by atoms with van der Waals surface area (Å²) in [5.41, 5.74) is 0.355. The van der Waals surface area contributed by atoms with Gasteiger partial charge in [0.15, 0.2) is 0 Å². The second kappa shape index (κ2) is 5.82. The van der Waals surface area contributed by atoms with Gasteiger partial charge in [0.2, 0.25) is 0 Å². The molecule has 0 amide bonds. The molecule has 0 spiro atoms. The van der Waals surface area contributed by atoms with Gasteiger partial charge in [-0.3, -0.25) is 0 Å². The van der Waals surface area contributed by atoms with Crippen LogP contribution in [-0.4, -0.2) is 33.0 Å². The minimum atomic E-state index is -2.90. The Hall–Kier alpha value is -0.810. The van der Waals surface area contributed by atoms with Crippen molar-refractivity contribution in [2.75, 3.05) is 12.4 Å². The van der Waals surface area contributed by atoms with Crippen LogP contribution in [0, 0.1) is 0 Å². The second-order valence-electron chi connectivity index (χ2n) is 3.10. The molecule has 0 aromatic rings. The van der Waals surface area contributed by atoms with E-state index < -0.39 is 15.8 Å². The van der Waals surface area contributed by atoms with Crippen LogP contribution in [0.1, 0.15) is 19.8 Å². The van der Waals surface area contributed by atoms with E-state index in [-0.39, 0.29) is 12.4 Å². The Labute approximate surface area is 84.8 Å². The van der Waals surface area contributed by atoms with E-state index in [4.69, 9.17) is 9.29 Å². The molecule has 5 heteroatoms. The van der Waals surface area contributed by atoms with Crippen molar-refractivity contribution in [1.82, 2.24) is 0 Å². The van der Waals surface area contributed by atoms with Gasteiger partial charge in [-0.15, -0.1) is 0 Å². The van der Waals surface area contributed by atoms with Gasteiger partial charge in [0.05, 0.1) is 16.4 Å². The zero-order valence-corrected chi connectivity index (χ0v) is 9.14. The number of esters is 1. The lowest BCUT2D eigenvalue weighted by atomic mass is 10.3. The summed E-state index contributed by atoms with van der Waals surface area (Å²) in [6, 6.07) is 0. The highest BCUT2D eigenvalue weighted by molar-refractivity contribution is 7.95. The first-order valence-corrected chi connectivity index (χ1v) is 6.08. The predicted molar refractivity (Wildman–Crippen MR) is 57.8 cm³/mol. The van der Waals surface area contributed by atoms with Gasteiger partial charge in [-0.1, -0.05) is 6.58 Å². The number of hydrogen-bond acceptors (Lipinski definition) is 3. The number of carbonyl (C=O) groups is 1. The molecule has 0 rings (SSSR count). The van der Waals surface area contributed by atoms with E-state index in [9.17, 15) is 9.00 Å². The summed E-state index contributed by atoms with van der Waals surface area (Å²) in [5, 5.41) is 0. The van der Waals surface area contributed by atoms with Crippen molar-refractivity contribution >= 4 is 21.6 Å². The topological polar surface area (TPSA) is 63.6 Å². The fourth-order valence-electron chi connectivity index (χ4n) is 0.718. The molecule has 4 nitrogen and oxygen atoms in total. The summed E-state index contributed by atoms with van der Waals surface area (Å²) in [6.07, 6.45) is 1.08. The highest BCUT2D eigenvalue weighted by Gasteiger charge is 2.02. The third kappa shape index (κ3) is 7.82. The van der Waals surface area contributed by atoms with Gasteiger partial charge >= 0.3 is 5.97 Å². The maximum atomic E-state index is 10.9. The van der Waals surface area contributed by atoms with E-state index in [1.54, 1.807) is 6.92 Å². The molecule has 1 N–H and O–H groups in total. The van der Waals surface area contributed by atoms with Crippen molar-refractivity contribution in [3.8, 4) is 0 Å². The van der Waals surface area contributed by atoms with Crippen LogP contribution in [0.3, 0.4) is 0 Å². The Kier molecular flexibility index (Phi) is 5.49. The molecular formula is C9H16O4S.